The Hall–Kier alpha value is -3.35. The molecule has 0 aliphatic carbocycles. The SMILES string of the molecule is CCN(CC)C(=O)N(Cc1ccccc1)C(=O)N(Cc1ccccc1)C(=O)N(CC)CC. The van der Waals surface area contributed by atoms with Gasteiger partial charge in [-0.15, -0.1) is 0 Å². The normalized spacial score (nSPS) is 10.4. The van der Waals surface area contributed by atoms with Crippen molar-refractivity contribution in [2.24, 2.45) is 0 Å². The van der Waals surface area contributed by atoms with Crippen LogP contribution in [0.25, 0.3) is 0 Å². The van der Waals surface area contributed by atoms with Gasteiger partial charge in [-0.2, -0.15) is 0 Å². The van der Waals surface area contributed by atoms with Crippen LogP contribution in [-0.4, -0.2) is 63.9 Å². The molecule has 7 heteroatoms. The van der Waals surface area contributed by atoms with Crippen LogP contribution in [0.5, 0.6) is 0 Å². The van der Waals surface area contributed by atoms with E-state index in [0.29, 0.717) is 26.2 Å². The van der Waals surface area contributed by atoms with E-state index in [0.717, 1.165) is 11.1 Å². The molecule has 0 unspecified atom stereocenters. The molecule has 2 aromatic carbocycles. The third-order valence-corrected chi connectivity index (χ3v) is 5.36. The van der Waals surface area contributed by atoms with E-state index in [9.17, 15) is 14.4 Å². The van der Waals surface area contributed by atoms with Crippen molar-refractivity contribution in [2.75, 3.05) is 26.2 Å². The molecule has 0 N–H and O–H groups in total. The van der Waals surface area contributed by atoms with E-state index in [2.05, 4.69) is 0 Å². The minimum atomic E-state index is -0.619. The van der Waals surface area contributed by atoms with Crippen molar-refractivity contribution in [3.8, 4) is 0 Å². The second-order valence-electron chi connectivity index (χ2n) is 7.34. The van der Waals surface area contributed by atoms with Gasteiger partial charge in [-0.1, -0.05) is 60.7 Å². The summed E-state index contributed by atoms with van der Waals surface area (Å²) in [5.74, 6) is 0. The van der Waals surface area contributed by atoms with Crippen LogP contribution in [0.1, 0.15) is 38.8 Å². The zero-order valence-corrected chi connectivity index (χ0v) is 19.5. The zero-order valence-electron chi connectivity index (χ0n) is 19.5. The summed E-state index contributed by atoms with van der Waals surface area (Å²) in [6.45, 7) is 9.54. The summed E-state index contributed by atoms with van der Waals surface area (Å²) < 4.78 is 0. The van der Waals surface area contributed by atoms with Gasteiger partial charge >= 0.3 is 18.1 Å². The van der Waals surface area contributed by atoms with Crippen LogP contribution >= 0.6 is 0 Å². The third kappa shape index (κ3) is 6.33. The number of hydrogen-bond donors (Lipinski definition) is 0. The fraction of sp³-hybridized carbons (Fsp3) is 0.400. The number of rotatable bonds is 8. The minimum Gasteiger partial charge on any atom is -0.325 e. The molecule has 0 aliphatic heterocycles. The first-order valence-corrected chi connectivity index (χ1v) is 11.2. The molecule has 0 saturated carbocycles. The summed E-state index contributed by atoms with van der Waals surface area (Å²) in [4.78, 5) is 45.9. The van der Waals surface area contributed by atoms with Crippen LogP contribution < -0.4 is 0 Å². The molecule has 0 saturated heterocycles. The molecule has 7 nitrogen and oxygen atoms in total. The van der Waals surface area contributed by atoms with E-state index in [4.69, 9.17) is 0 Å². The quantitative estimate of drug-likeness (QED) is 0.580. The van der Waals surface area contributed by atoms with Crippen LogP contribution in [0.15, 0.2) is 60.7 Å². The van der Waals surface area contributed by atoms with E-state index in [1.807, 2.05) is 88.4 Å². The number of nitrogens with zero attached hydrogens (tertiary/aromatic N) is 4. The van der Waals surface area contributed by atoms with Crippen molar-refractivity contribution in [3.63, 3.8) is 0 Å². The van der Waals surface area contributed by atoms with Gasteiger partial charge in [0.25, 0.3) is 0 Å². The first kappa shape index (κ1) is 24.9. The van der Waals surface area contributed by atoms with Crippen LogP contribution in [0.4, 0.5) is 14.4 Å². The molecular formula is C25H34N4O3. The molecule has 172 valence electrons. The van der Waals surface area contributed by atoms with E-state index in [1.165, 1.54) is 9.80 Å². The maximum absolute atomic E-state index is 13.8. The number of urea groups is 3. The average Bonchev–Trinajstić information content (AvgIpc) is 2.83. The molecule has 0 fully saturated rings. The Balaban J connectivity index is 2.45. The van der Waals surface area contributed by atoms with Gasteiger partial charge in [0.05, 0.1) is 13.1 Å². The lowest BCUT2D eigenvalue weighted by Gasteiger charge is -2.34. The molecule has 0 aromatic heterocycles. The monoisotopic (exact) mass is 438 g/mol. The topological polar surface area (TPSA) is 64.2 Å². The first-order valence-electron chi connectivity index (χ1n) is 11.2. The Labute approximate surface area is 191 Å². The van der Waals surface area contributed by atoms with Crippen molar-refractivity contribution in [2.45, 2.75) is 40.8 Å². The lowest BCUT2D eigenvalue weighted by atomic mass is 10.2. The predicted octanol–water partition coefficient (Wildman–Crippen LogP) is 5.03. The van der Waals surface area contributed by atoms with Crippen molar-refractivity contribution in [3.05, 3.63) is 71.8 Å². The van der Waals surface area contributed by atoms with E-state index in [1.54, 1.807) is 9.80 Å². The number of benzene rings is 2. The van der Waals surface area contributed by atoms with Gasteiger partial charge in [0.2, 0.25) is 0 Å². The Morgan fingerprint density at radius 1 is 0.531 bits per heavy atom. The molecule has 0 radical (unpaired) electrons. The summed E-state index contributed by atoms with van der Waals surface area (Å²) in [5.41, 5.74) is 1.63. The van der Waals surface area contributed by atoms with Gasteiger partial charge in [0.1, 0.15) is 0 Å². The number of amides is 6. The van der Waals surface area contributed by atoms with Gasteiger partial charge in [-0.25, -0.2) is 24.2 Å². The van der Waals surface area contributed by atoms with Crippen LogP contribution in [0, 0.1) is 0 Å². The highest BCUT2D eigenvalue weighted by Crippen LogP contribution is 2.16. The summed E-state index contributed by atoms with van der Waals surface area (Å²) in [6.07, 6.45) is 0. The lowest BCUT2D eigenvalue weighted by molar-refractivity contribution is 0.124. The van der Waals surface area contributed by atoms with E-state index in [-0.39, 0.29) is 13.1 Å². The minimum absolute atomic E-state index is 0.0891. The standard InChI is InChI=1S/C25H34N4O3/c1-5-26(6-2)23(30)28(19-21-15-11-9-12-16-21)25(32)29(24(31)27(7-3)8-4)20-22-17-13-10-14-18-22/h9-18H,5-8,19-20H2,1-4H3. The number of imide groups is 2. The fourth-order valence-electron chi connectivity index (χ4n) is 3.44. The fourth-order valence-corrected chi connectivity index (χ4v) is 3.44. The summed E-state index contributed by atoms with van der Waals surface area (Å²) in [7, 11) is 0. The van der Waals surface area contributed by atoms with Gasteiger partial charge < -0.3 is 9.80 Å². The molecule has 0 aliphatic rings. The molecule has 0 spiro atoms. The summed E-state index contributed by atoms with van der Waals surface area (Å²) in [6, 6.07) is 17.2. The van der Waals surface area contributed by atoms with Crippen molar-refractivity contribution < 1.29 is 14.4 Å². The lowest BCUT2D eigenvalue weighted by Crippen LogP contribution is -2.54. The van der Waals surface area contributed by atoms with Crippen molar-refractivity contribution in [1.82, 2.24) is 19.6 Å². The molecule has 0 atom stereocenters. The molecule has 6 amide bonds. The highest BCUT2D eigenvalue weighted by molar-refractivity contribution is 6.01. The van der Waals surface area contributed by atoms with Crippen LogP contribution in [0.2, 0.25) is 0 Å². The van der Waals surface area contributed by atoms with Crippen molar-refractivity contribution >= 4 is 18.1 Å². The molecule has 0 heterocycles. The second-order valence-corrected chi connectivity index (χ2v) is 7.34. The van der Waals surface area contributed by atoms with Gasteiger partial charge in [0.15, 0.2) is 0 Å². The Morgan fingerprint density at radius 3 is 1.12 bits per heavy atom. The maximum Gasteiger partial charge on any atom is 0.336 e. The highest BCUT2D eigenvalue weighted by Gasteiger charge is 2.34. The summed E-state index contributed by atoms with van der Waals surface area (Å²) in [5, 5.41) is 0. The Bertz CT molecular complexity index is 794. The largest absolute Gasteiger partial charge is 0.336 e. The average molecular weight is 439 g/mol. The smallest absolute Gasteiger partial charge is 0.325 e. The highest BCUT2D eigenvalue weighted by atomic mass is 16.2. The number of carbonyl (C=O) groups is 3. The molecular weight excluding hydrogens is 404 g/mol. The van der Waals surface area contributed by atoms with Crippen LogP contribution in [-0.2, 0) is 13.1 Å². The maximum atomic E-state index is 13.8. The second kappa shape index (κ2) is 12.5. The van der Waals surface area contributed by atoms with E-state index >= 15 is 0 Å². The molecule has 2 rings (SSSR count). The molecule has 2 aromatic rings. The summed E-state index contributed by atoms with van der Waals surface area (Å²) >= 11 is 0. The first-order chi connectivity index (χ1) is 15.5. The van der Waals surface area contributed by atoms with Gasteiger partial charge in [-0.3, -0.25) is 0 Å². The van der Waals surface area contributed by atoms with Gasteiger partial charge in [0, 0.05) is 26.2 Å². The van der Waals surface area contributed by atoms with E-state index < -0.39 is 18.1 Å². The zero-order chi connectivity index (χ0) is 23.5. The van der Waals surface area contributed by atoms with Crippen LogP contribution in [0.3, 0.4) is 0 Å². The Morgan fingerprint density at radius 2 is 0.844 bits per heavy atom. The number of hydrogen-bond acceptors (Lipinski definition) is 3. The predicted molar refractivity (Wildman–Crippen MR) is 126 cm³/mol. The Kier molecular flexibility index (Phi) is 9.73. The third-order valence-electron chi connectivity index (χ3n) is 5.36. The number of carbonyl (C=O) groups excluding carboxylic acids is 3. The van der Waals surface area contributed by atoms with Gasteiger partial charge in [-0.05, 0) is 38.8 Å². The molecule has 0 bridgehead atoms. The molecule has 32 heavy (non-hydrogen) atoms. The van der Waals surface area contributed by atoms with Crippen molar-refractivity contribution in [1.29, 1.82) is 0 Å².